The summed E-state index contributed by atoms with van der Waals surface area (Å²) in [5.41, 5.74) is 1.07. The van der Waals surface area contributed by atoms with Gasteiger partial charge in [0.15, 0.2) is 17.5 Å². The zero-order valence-electron chi connectivity index (χ0n) is 15.2. The van der Waals surface area contributed by atoms with E-state index >= 15 is 0 Å². The molecular formula is C20H25N3O3. The fourth-order valence-corrected chi connectivity index (χ4v) is 2.56. The third kappa shape index (κ3) is 5.05. The molecular weight excluding hydrogens is 330 g/mol. The lowest BCUT2D eigenvalue weighted by atomic mass is 10.2. The lowest BCUT2D eigenvalue weighted by molar-refractivity contribution is 0.174. The fraction of sp³-hybridized carbons (Fsp3) is 0.350. The molecule has 0 fully saturated rings. The monoisotopic (exact) mass is 355 g/mol. The highest BCUT2D eigenvalue weighted by atomic mass is 16.7. The first-order chi connectivity index (χ1) is 12.7. The number of hydrogen-bond donors (Lipinski definition) is 2. The minimum atomic E-state index is 0.0202. The summed E-state index contributed by atoms with van der Waals surface area (Å²) in [6.45, 7) is 6.36. The number of benzene rings is 2. The molecule has 1 heterocycles. The Morgan fingerprint density at radius 3 is 2.73 bits per heavy atom. The first-order valence-corrected chi connectivity index (χ1v) is 8.87. The molecule has 1 atom stereocenters. The second-order valence-corrected chi connectivity index (χ2v) is 6.01. The largest absolute Gasteiger partial charge is 0.489 e. The molecule has 1 aliphatic heterocycles. The van der Waals surface area contributed by atoms with Gasteiger partial charge >= 0.3 is 0 Å². The maximum Gasteiger partial charge on any atom is 0.231 e. The summed E-state index contributed by atoms with van der Waals surface area (Å²) < 4.78 is 16.6. The molecule has 3 rings (SSSR count). The van der Waals surface area contributed by atoms with Crippen LogP contribution in [0.15, 0.2) is 53.5 Å². The van der Waals surface area contributed by atoms with Gasteiger partial charge in [0.2, 0.25) is 6.79 Å². The fourth-order valence-electron chi connectivity index (χ4n) is 2.56. The van der Waals surface area contributed by atoms with Crippen molar-refractivity contribution < 1.29 is 14.2 Å². The molecule has 2 aromatic carbocycles. The molecule has 0 saturated carbocycles. The number of para-hydroxylation sites is 1. The number of nitrogens with one attached hydrogen (secondary N) is 2. The van der Waals surface area contributed by atoms with Crippen LogP contribution in [0.1, 0.15) is 19.4 Å². The van der Waals surface area contributed by atoms with Crippen LogP contribution in [0, 0.1) is 0 Å². The lowest BCUT2D eigenvalue weighted by Crippen LogP contribution is -2.41. The molecule has 0 saturated heterocycles. The number of nitrogens with zero attached hydrogens (tertiary/aromatic N) is 1. The predicted octanol–water partition coefficient (Wildman–Crippen LogP) is 2.94. The summed E-state index contributed by atoms with van der Waals surface area (Å²) in [6, 6.07) is 15.7. The third-order valence-electron chi connectivity index (χ3n) is 3.84. The van der Waals surface area contributed by atoms with Gasteiger partial charge in [0.05, 0.1) is 13.1 Å². The number of aliphatic imine (C=N–C) groups is 1. The lowest BCUT2D eigenvalue weighted by Gasteiger charge is -2.17. The summed E-state index contributed by atoms with van der Waals surface area (Å²) in [6.07, 6.45) is 0.0202. The molecule has 0 bridgehead atoms. The molecule has 0 radical (unpaired) electrons. The molecule has 6 heteroatoms. The van der Waals surface area contributed by atoms with Crippen LogP contribution in [0.3, 0.4) is 0 Å². The molecule has 0 aliphatic carbocycles. The van der Waals surface area contributed by atoms with E-state index in [0.717, 1.165) is 35.3 Å². The van der Waals surface area contributed by atoms with Gasteiger partial charge in [0, 0.05) is 6.54 Å². The normalized spacial score (nSPS) is 14.0. The van der Waals surface area contributed by atoms with Crippen molar-refractivity contribution in [3.8, 4) is 17.2 Å². The van der Waals surface area contributed by atoms with Gasteiger partial charge in [-0.3, -0.25) is 0 Å². The Labute approximate surface area is 154 Å². The number of fused-ring (bicyclic) bond motifs is 1. The quantitative estimate of drug-likeness (QED) is 0.591. The van der Waals surface area contributed by atoms with Crippen LogP contribution in [0.5, 0.6) is 17.2 Å². The minimum absolute atomic E-state index is 0.0202. The van der Waals surface area contributed by atoms with Crippen molar-refractivity contribution in [2.45, 2.75) is 26.5 Å². The van der Waals surface area contributed by atoms with Gasteiger partial charge in [0.25, 0.3) is 0 Å². The predicted molar refractivity (Wildman–Crippen MR) is 102 cm³/mol. The molecule has 26 heavy (non-hydrogen) atoms. The highest BCUT2D eigenvalue weighted by Crippen LogP contribution is 2.32. The summed E-state index contributed by atoms with van der Waals surface area (Å²) in [7, 11) is 0. The Hall–Kier alpha value is -2.89. The summed E-state index contributed by atoms with van der Waals surface area (Å²) in [5.74, 6) is 3.19. The standard InChI is InChI=1S/C20H25N3O3/c1-3-21-20(22-12-15(2)26-17-7-5-4-6-8-17)23-13-16-9-10-18-19(11-16)25-14-24-18/h4-11,15H,3,12-14H2,1-2H3,(H2,21,22,23). The van der Waals surface area contributed by atoms with Crippen LogP contribution in [0.25, 0.3) is 0 Å². The van der Waals surface area contributed by atoms with Gasteiger partial charge in [-0.2, -0.15) is 0 Å². The number of ether oxygens (including phenoxy) is 3. The van der Waals surface area contributed by atoms with E-state index in [9.17, 15) is 0 Å². The molecule has 1 aliphatic rings. The summed E-state index contributed by atoms with van der Waals surface area (Å²) >= 11 is 0. The van der Waals surface area contributed by atoms with Crippen LogP contribution < -0.4 is 24.8 Å². The maximum absolute atomic E-state index is 5.88. The average Bonchev–Trinajstić information content (AvgIpc) is 3.12. The molecule has 0 amide bonds. The van der Waals surface area contributed by atoms with Crippen molar-refractivity contribution in [1.29, 1.82) is 0 Å². The first kappa shape index (κ1) is 17.9. The summed E-state index contributed by atoms with van der Waals surface area (Å²) in [4.78, 5) is 4.63. The van der Waals surface area contributed by atoms with E-state index in [0.29, 0.717) is 13.1 Å². The van der Waals surface area contributed by atoms with Gasteiger partial charge in [-0.1, -0.05) is 24.3 Å². The van der Waals surface area contributed by atoms with E-state index in [4.69, 9.17) is 14.2 Å². The zero-order valence-corrected chi connectivity index (χ0v) is 15.2. The van der Waals surface area contributed by atoms with Crippen LogP contribution in [-0.2, 0) is 6.54 Å². The van der Waals surface area contributed by atoms with E-state index in [1.807, 2.05) is 62.4 Å². The van der Waals surface area contributed by atoms with Gasteiger partial charge < -0.3 is 24.8 Å². The van der Waals surface area contributed by atoms with Crippen LogP contribution in [0.4, 0.5) is 0 Å². The molecule has 6 nitrogen and oxygen atoms in total. The third-order valence-corrected chi connectivity index (χ3v) is 3.84. The highest BCUT2D eigenvalue weighted by molar-refractivity contribution is 5.79. The van der Waals surface area contributed by atoms with Crippen molar-refractivity contribution >= 4 is 5.96 Å². The van der Waals surface area contributed by atoms with Crippen LogP contribution >= 0.6 is 0 Å². The van der Waals surface area contributed by atoms with E-state index in [1.165, 1.54) is 0 Å². The van der Waals surface area contributed by atoms with E-state index in [2.05, 4.69) is 15.6 Å². The SMILES string of the molecule is CCNC(=NCc1ccc2c(c1)OCO2)NCC(C)Oc1ccccc1. The Bertz CT molecular complexity index is 734. The Morgan fingerprint density at radius 1 is 1.12 bits per heavy atom. The average molecular weight is 355 g/mol. The van der Waals surface area contributed by atoms with Crippen molar-refractivity contribution in [2.24, 2.45) is 4.99 Å². The summed E-state index contributed by atoms with van der Waals surface area (Å²) in [5, 5.41) is 6.57. The molecule has 0 spiro atoms. The first-order valence-electron chi connectivity index (χ1n) is 8.87. The van der Waals surface area contributed by atoms with Crippen LogP contribution in [0.2, 0.25) is 0 Å². The number of rotatable bonds is 7. The Kier molecular flexibility index (Phi) is 6.19. The molecule has 2 aromatic rings. The van der Waals surface area contributed by atoms with Crippen LogP contribution in [-0.4, -0.2) is 31.9 Å². The minimum Gasteiger partial charge on any atom is -0.489 e. The van der Waals surface area contributed by atoms with Crippen molar-refractivity contribution in [3.63, 3.8) is 0 Å². The number of guanidine groups is 1. The second kappa shape index (κ2) is 8.99. The van der Waals surface area contributed by atoms with Gasteiger partial charge in [-0.15, -0.1) is 0 Å². The molecule has 2 N–H and O–H groups in total. The van der Waals surface area contributed by atoms with Gasteiger partial charge in [-0.25, -0.2) is 4.99 Å². The number of hydrogen-bond acceptors (Lipinski definition) is 4. The van der Waals surface area contributed by atoms with Gasteiger partial charge in [-0.05, 0) is 43.7 Å². The topological polar surface area (TPSA) is 64.1 Å². The molecule has 1 unspecified atom stereocenters. The van der Waals surface area contributed by atoms with E-state index < -0.39 is 0 Å². The van der Waals surface area contributed by atoms with Crippen molar-refractivity contribution in [2.75, 3.05) is 19.9 Å². The van der Waals surface area contributed by atoms with E-state index in [-0.39, 0.29) is 12.9 Å². The smallest absolute Gasteiger partial charge is 0.231 e. The zero-order chi connectivity index (χ0) is 18.2. The second-order valence-electron chi connectivity index (χ2n) is 6.01. The van der Waals surface area contributed by atoms with Gasteiger partial charge in [0.1, 0.15) is 11.9 Å². The Morgan fingerprint density at radius 2 is 1.92 bits per heavy atom. The Balaban J connectivity index is 1.53. The van der Waals surface area contributed by atoms with Crippen molar-refractivity contribution in [1.82, 2.24) is 10.6 Å². The van der Waals surface area contributed by atoms with E-state index in [1.54, 1.807) is 0 Å². The molecule has 0 aromatic heterocycles. The van der Waals surface area contributed by atoms with Crippen molar-refractivity contribution in [3.05, 3.63) is 54.1 Å². The highest BCUT2D eigenvalue weighted by Gasteiger charge is 2.13. The maximum atomic E-state index is 5.88. The molecule has 138 valence electrons.